The SMILES string of the molecule is O=c1ccc2cc(OCC(O)CN3CCN(c4cccc(C(F)(F)F)c4)CC3)ccc2[nH]1. The van der Waals surface area contributed by atoms with Crippen LogP contribution in [0.2, 0.25) is 0 Å². The summed E-state index contributed by atoms with van der Waals surface area (Å²) in [7, 11) is 0. The highest BCUT2D eigenvalue weighted by atomic mass is 19.4. The maximum atomic E-state index is 12.9. The normalized spacial score (nSPS) is 16.3. The van der Waals surface area contributed by atoms with Crippen LogP contribution in [0.25, 0.3) is 10.9 Å². The molecule has 2 N–H and O–H groups in total. The number of β-amino-alcohol motifs (C(OH)–C–C–N with tert-alkyl or cyclic N) is 1. The number of nitrogens with zero attached hydrogens (tertiary/aromatic N) is 2. The number of nitrogens with one attached hydrogen (secondary N) is 1. The zero-order valence-corrected chi connectivity index (χ0v) is 17.3. The molecular weight excluding hydrogens is 423 g/mol. The number of pyridine rings is 1. The van der Waals surface area contributed by atoms with Crippen molar-refractivity contribution in [3.63, 3.8) is 0 Å². The number of fused-ring (bicyclic) bond motifs is 1. The second-order valence-corrected chi connectivity index (χ2v) is 7.87. The lowest BCUT2D eigenvalue weighted by molar-refractivity contribution is -0.137. The number of aromatic nitrogens is 1. The monoisotopic (exact) mass is 447 g/mol. The summed E-state index contributed by atoms with van der Waals surface area (Å²) in [6, 6.07) is 13.8. The quantitative estimate of drug-likeness (QED) is 0.608. The molecule has 0 saturated carbocycles. The van der Waals surface area contributed by atoms with Crippen molar-refractivity contribution >= 4 is 16.6 Å². The fraction of sp³-hybridized carbons (Fsp3) is 0.348. The van der Waals surface area contributed by atoms with Crippen molar-refractivity contribution in [1.29, 1.82) is 0 Å². The summed E-state index contributed by atoms with van der Waals surface area (Å²) in [5, 5.41) is 11.2. The molecule has 1 aliphatic heterocycles. The molecule has 1 unspecified atom stereocenters. The third-order valence-corrected chi connectivity index (χ3v) is 5.52. The summed E-state index contributed by atoms with van der Waals surface area (Å²) in [6.07, 6.45) is -5.06. The van der Waals surface area contributed by atoms with Gasteiger partial charge in [0.1, 0.15) is 18.5 Å². The Hall–Kier alpha value is -3.04. The molecule has 1 aromatic heterocycles. The number of benzene rings is 2. The molecule has 0 spiro atoms. The first-order chi connectivity index (χ1) is 15.3. The van der Waals surface area contributed by atoms with Gasteiger partial charge in [0.05, 0.1) is 5.56 Å². The highest BCUT2D eigenvalue weighted by molar-refractivity contribution is 5.79. The van der Waals surface area contributed by atoms with Gasteiger partial charge in [-0.25, -0.2) is 0 Å². The zero-order valence-electron chi connectivity index (χ0n) is 17.3. The van der Waals surface area contributed by atoms with E-state index in [9.17, 15) is 23.1 Å². The number of aromatic amines is 1. The fourth-order valence-electron chi connectivity index (χ4n) is 3.83. The van der Waals surface area contributed by atoms with Gasteiger partial charge in [-0.2, -0.15) is 13.2 Å². The van der Waals surface area contributed by atoms with Crippen LogP contribution in [0, 0.1) is 0 Å². The Morgan fingerprint density at radius 3 is 2.56 bits per heavy atom. The molecule has 2 heterocycles. The zero-order chi connectivity index (χ0) is 22.7. The van der Waals surface area contributed by atoms with Crippen LogP contribution in [0.15, 0.2) is 59.4 Å². The molecule has 4 rings (SSSR count). The van der Waals surface area contributed by atoms with E-state index in [-0.39, 0.29) is 12.2 Å². The Bertz CT molecular complexity index is 1120. The third kappa shape index (κ3) is 5.41. The number of hydrogen-bond acceptors (Lipinski definition) is 5. The Balaban J connectivity index is 1.26. The number of anilines is 1. The molecule has 0 bridgehead atoms. The van der Waals surface area contributed by atoms with Crippen molar-refractivity contribution in [2.24, 2.45) is 0 Å². The second kappa shape index (κ2) is 9.22. The molecule has 6 nitrogen and oxygen atoms in total. The van der Waals surface area contributed by atoms with Crippen LogP contribution in [-0.2, 0) is 6.18 Å². The van der Waals surface area contributed by atoms with E-state index < -0.39 is 17.8 Å². The predicted molar refractivity (Wildman–Crippen MR) is 116 cm³/mol. The summed E-state index contributed by atoms with van der Waals surface area (Å²) in [4.78, 5) is 18.1. The van der Waals surface area contributed by atoms with Crippen LogP contribution >= 0.6 is 0 Å². The van der Waals surface area contributed by atoms with Crippen LogP contribution in [0.3, 0.4) is 0 Å². The van der Waals surface area contributed by atoms with Crippen molar-refractivity contribution in [2.45, 2.75) is 12.3 Å². The standard InChI is InChI=1S/C23H24F3N3O3/c24-23(25,26)17-2-1-3-18(13-17)29-10-8-28(9-11-29)14-19(30)15-32-20-5-6-21-16(12-20)4-7-22(31)27-21/h1-7,12-13,19,30H,8-11,14-15H2,(H,27,31). The number of rotatable bonds is 6. The number of aliphatic hydroxyl groups is 1. The average Bonchev–Trinajstić information content (AvgIpc) is 2.78. The van der Waals surface area contributed by atoms with E-state index in [1.807, 2.05) is 4.90 Å². The van der Waals surface area contributed by atoms with Gasteiger partial charge in [-0.15, -0.1) is 0 Å². The van der Waals surface area contributed by atoms with Gasteiger partial charge in [-0.05, 0) is 42.5 Å². The van der Waals surface area contributed by atoms with E-state index in [0.717, 1.165) is 11.5 Å². The smallest absolute Gasteiger partial charge is 0.416 e. The number of halogens is 3. The van der Waals surface area contributed by atoms with Gasteiger partial charge in [-0.3, -0.25) is 9.69 Å². The lowest BCUT2D eigenvalue weighted by Gasteiger charge is -2.37. The van der Waals surface area contributed by atoms with Gasteiger partial charge in [0, 0.05) is 55.4 Å². The molecule has 32 heavy (non-hydrogen) atoms. The Morgan fingerprint density at radius 1 is 1.03 bits per heavy atom. The molecule has 0 amide bonds. The van der Waals surface area contributed by atoms with Crippen LogP contribution < -0.4 is 15.2 Å². The molecule has 1 saturated heterocycles. The number of piperazine rings is 1. The average molecular weight is 447 g/mol. The van der Waals surface area contributed by atoms with Gasteiger partial charge < -0.3 is 19.7 Å². The Morgan fingerprint density at radius 2 is 1.81 bits per heavy atom. The highest BCUT2D eigenvalue weighted by Gasteiger charge is 2.31. The number of ether oxygens (including phenoxy) is 1. The number of hydrogen-bond donors (Lipinski definition) is 2. The molecule has 0 radical (unpaired) electrons. The van der Waals surface area contributed by atoms with Gasteiger partial charge >= 0.3 is 6.18 Å². The molecule has 0 aliphatic carbocycles. The van der Waals surface area contributed by atoms with Crippen molar-refractivity contribution in [3.05, 3.63) is 70.5 Å². The van der Waals surface area contributed by atoms with Gasteiger partial charge in [-0.1, -0.05) is 6.07 Å². The molecule has 1 fully saturated rings. The van der Waals surface area contributed by atoms with Crippen molar-refractivity contribution in [2.75, 3.05) is 44.2 Å². The lowest BCUT2D eigenvalue weighted by atomic mass is 10.1. The molecule has 9 heteroatoms. The number of alkyl halides is 3. The van der Waals surface area contributed by atoms with E-state index in [2.05, 4.69) is 9.88 Å². The second-order valence-electron chi connectivity index (χ2n) is 7.87. The first-order valence-corrected chi connectivity index (χ1v) is 10.4. The topological polar surface area (TPSA) is 68.8 Å². The maximum Gasteiger partial charge on any atom is 0.416 e. The Kier molecular flexibility index (Phi) is 6.38. The molecule has 3 aromatic rings. The summed E-state index contributed by atoms with van der Waals surface area (Å²) in [5.41, 5.74) is 0.449. The minimum atomic E-state index is -4.36. The van der Waals surface area contributed by atoms with Crippen molar-refractivity contribution < 1.29 is 23.0 Å². The fourth-order valence-corrected chi connectivity index (χ4v) is 3.83. The number of aliphatic hydroxyl groups excluding tert-OH is 1. The van der Waals surface area contributed by atoms with Crippen LogP contribution in [0.4, 0.5) is 18.9 Å². The molecule has 1 aliphatic rings. The minimum absolute atomic E-state index is 0.114. The predicted octanol–water partition coefficient (Wildman–Crippen LogP) is 3.11. The molecule has 170 valence electrons. The van der Waals surface area contributed by atoms with E-state index in [4.69, 9.17) is 4.74 Å². The van der Waals surface area contributed by atoms with Crippen LogP contribution in [0.1, 0.15) is 5.56 Å². The van der Waals surface area contributed by atoms with Gasteiger partial charge in [0.15, 0.2) is 0 Å². The van der Waals surface area contributed by atoms with Crippen molar-refractivity contribution in [3.8, 4) is 5.75 Å². The summed E-state index contributed by atoms with van der Waals surface area (Å²) in [5.74, 6) is 0.595. The van der Waals surface area contributed by atoms with Crippen LogP contribution in [0.5, 0.6) is 5.75 Å². The van der Waals surface area contributed by atoms with Gasteiger partial charge in [0.25, 0.3) is 0 Å². The number of H-pyrrole nitrogens is 1. The van der Waals surface area contributed by atoms with E-state index in [0.29, 0.717) is 49.7 Å². The van der Waals surface area contributed by atoms with Gasteiger partial charge in [0.2, 0.25) is 5.56 Å². The largest absolute Gasteiger partial charge is 0.491 e. The first-order valence-electron chi connectivity index (χ1n) is 10.4. The molecule has 2 aromatic carbocycles. The molecule has 1 atom stereocenters. The van der Waals surface area contributed by atoms with E-state index in [1.54, 1.807) is 30.3 Å². The maximum absolute atomic E-state index is 12.9. The van der Waals surface area contributed by atoms with E-state index in [1.165, 1.54) is 18.2 Å². The first kappa shape index (κ1) is 22.2. The highest BCUT2D eigenvalue weighted by Crippen LogP contribution is 2.31. The Labute approximate surface area is 182 Å². The summed E-state index contributed by atoms with van der Waals surface area (Å²) >= 11 is 0. The summed E-state index contributed by atoms with van der Waals surface area (Å²) in [6.45, 7) is 2.96. The summed E-state index contributed by atoms with van der Waals surface area (Å²) < 4.78 is 44.5. The minimum Gasteiger partial charge on any atom is -0.491 e. The van der Waals surface area contributed by atoms with E-state index >= 15 is 0 Å². The van der Waals surface area contributed by atoms with Crippen molar-refractivity contribution in [1.82, 2.24) is 9.88 Å². The van der Waals surface area contributed by atoms with Crippen LogP contribution in [-0.4, -0.2) is 60.4 Å². The third-order valence-electron chi connectivity index (χ3n) is 5.52. The lowest BCUT2D eigenvalue weighted by Crippen LogP contribution is -2.49. The molecular formula is C23H24F3N3O3.